The maximum Gasteiger partial charge on any atom is 0.164 e. The molecule has 0 unspecified atom stereocenters. The highest BCUT2D eigenvalue weighted by Crippen LogP contribution is 2.42. The number of aromatic nitrogens is 4. The summed E-state index contributed by atoms with van der Waals surface area (Å²) < 4.78 is 15.4. The third-order valence-corrected chi connectivity index (χ3v) is 12.8. The highest BCUT2D eigenvalue weighted by atomic mass is 16.3. The van der Waals surface area contributed by atoms with E-state index in [0.29, 0.717) is 17.5 Å². The Hall–Kier alpha value is -8.61. The summed E-state index contributed by atoms with van der Waals surface area (Å²) in [5.74, 6) is 1.72. The Morgan fingerprint density at radius 3 is 1.49 bits per heavy atom. The van der Waals surface area contributed by atoms with Crippen LogP contribution in [-0.4, -0.2) is 19.5 Å². The van der Waals surface area contributed by atoms with Gasteiger partial charge < -0.3 is 13.4 Å². The molecule has 63 heavy (non-hydrogen) atoms. The van der Waals surface area contributed by atoms with Crippen LogP contribution >= 0.6 is 0 Å². The first kappa shape index (κ1) is 34.1. The molecule has 0 aliphatic heterocycles. The van der Waals surface area contributed by atoms with Gasteiger partial charge in [-0.05, 0) is 99.7 Å². The van der Waals surface area contributed by atoms with Gasteiger partial charge in [0.2, 0.25) is 0 Å². The Balaban J connectivity index is 0.949. The quantitative estimate of drug-likeness (QED) is 0.177. The Labute approximate surface area is 358 Å². The SMILES string of the molecule is c1ccc(-c2nc(-c3ccc4c(c3)oc3ccccc34)nc(-c3ccc4c(c3)oc3ccc5c(-n6c7cc8ccccc8cc7c7cc8ccccc8cc76)cccc5c34)n2)cc1. The third-order valence-electron chi connectivity index (χ3n) is 12.8. The Kier molecular flexibility index (Phi) is 7.02. The van der Waals surface area contributed by atoms with Gasteiger partial charge in [0.15, 0.2) is 17.5 Å². The predicted molar refractivity (Wildman–Crippen MR) is 258 cm³/mol. The molecule has 4 heterocycles. The molecule has 10 aromatic carbocycles. The maximum atomic E-state index is 6.71. The first-order valence-electron chi connectivity index (χ1n) is 21.2. The molecule has 0 aliphatic rings. The van der Waals surface area contributed by atoms with Gasteiger partial charge in [-0.15, -0.1) is 0 Å². The van der Waals surface area contributed by atoms with Crippen LogP contribution in [0.1, 0.15) is 0 Å². The second kappa shape index (κ2) is 12.9. The highest BCUT2D eigenvalue weighted by molar-refractivity contribution is 6.22. The van der Waals surface area contributed by atoms with Crippen molar-refractivity contribution in [3.63, 3.8) is 0 Å². The van der Waals surface area contributed by atoms with Gasteiger partial charge in [-0.1, -0.05) is 121 Å². The Morgan fingerprint density at radius 1 is 0.302 bits per heavy atom. The molecule has 14 aromatic rings. The number of nitrogens with zero attached hydrogens (tertiary/aromatic N) is 4. The number of para-hydroxylation sites is 1. The molecule has 4 aromatic heterocycles. The minimum absolute atomic E-state index is 0.560. The van der Waals surface area contributed by atoms with Gasteiger partial charge in [0.1, 0.15) is 22.3 Å². The lowest BCUT2D eigenvalue weighted by atomic mass is 10.0. The summed E-state index contributed by atoms with van der Waals surface area (Å²) >= 11 is 0. The number of furan rings is 2. The lowest BCUT2D eigenvalue weighted by Gasteiger charge is -2.13. The highest BCUT2D eigenvalue weighted by Gasteiger charge is 2.20. The molecule has 0 bridgehead atoms. The monoisotopic (exact) mass is 804 g/mol. The van der Waals surface area contributed by atoms with Gasteiger partial charge in [-0.2, -0.15) is 0 Å². The largest absolute Gasteiger partial charge is 0.456 e. The molecule has 0 saturated carbocycles. The lowest BCUT2D eigenvalue weighted by molar-refractivity contribution is 0.669. The summed E-state index contributed by atoms with van der Waals surface area (Å²) in [5, 5.41) is 13.9. The van der Waals surface area contributed by atoms with Crippen molar-refractivity contribution in [2.75, 3.05) is 0 Å². The van der Waals surface area contributed by atoms with Gasteiger partial charge >= 0.3 is 0 Å². The maximum absolute atomic E-state index is 6.71. The van der Waals surface area contributed by atoms with Crippen LogP contribution in [0.4, 0.5) is 0 Å². The van der Waals surface area contributed by atoms with Gasteiger partial charge in [-0.25, -0.2) is 15.0 Å². The van der Waals surface area contributed by atoms with Crippen molar-refractivity contribution in [3.05, 3.63) is 194 Å². The van der Waals surface area contributed by atoms with Gasteiger partial charge in [0.25, 0.3) is 0 Å². The normalized spacial score (nSPS) is 12.1. The lowest BCUT2D eigenvalue weighted by Crippen LogP contribution is -2.00. The number of hydrogen-bond donors (Lipinski definition) is 0. The fourth-order valence-electron chi connectivity index (χ4n) is 9.81. The Bertz CT molecular complexity index is 4120. The first-order chi connectivity index (χ1) is 31.2. The summed E-state index contributed by atoms with van der Waals surface area (Å²) in [7, 11) is 0. The molecule has 292 valence electrons. The van der Waals surface area contributed by atoms with Crippen LogP contribution in [0.2, 0.25) is 0 Å². The van der Waals surface area contributed by atoms with E-state index < -0.39 is 0 Å². The van der Waals surface area contributed by atoms with E-state index in [1.165, 1.54) is 43.4 Å². The second-order valence-corrected chi connectivity index (χ2v) is 16.4. The molecule has 6 nitrogen and oxygen atoms in total. The average molecular weight is 805 g/mol. The topological polar surface area (TPSA) is 69.9 Å². The van der Waals surface area contributed by atoms with Crippen LogP contribution in [0.3, 0.4) is 0 Å². The van der Waals surface area contributed by atoms with Crippen LogP contribution in [0.15, 0.2) is 203 Å². The van der Waals surface area contributed by atoms with Crippen LogP contribution in [-0.2, 0) is 0 Å². The fraction of sp³-hybridized carbons (Fsp3) is 0. The van der Waals surface area contributed by atoms with E-state index in [1.54, 1.807) is 0 Å². The van der Waals surface area contributed by atoms with E-state index in [2.05, 4.69) is 144 Å². The first-order valence-corrected chi connectivity index (χ1v) is 21.2. The minimum atomic E-state index is 0.560. The van der Waals surface area contributed by atoms with Crippen LogP contribution in [0.25, 0.3) is 138 Å². The molecule has 0 radical (unpaired) electrons. The third kappa shape index (κ3) is 5.15. The standard InChI is InChI=1S/C57H32N4O2/c1-2-11-33(12-3-1)55-58-56(38-21-23-42-41-17-8-9-20-50(41)62-52(42)31-38)60-57(59-55)39-22-24-44-53(32-39)63-51-26-25-40-43(54(44)51)18-10-19-47(40)61-48-29-36-15-6-4-13-34(36)27-45(48)46-28-35-14-5-7-16-37(35)30-49(46)61/h1-32H. The molecule has 0 saturated heterocycles. The van der Waals surface area contributed by atoms with E-state index in [0.717, 1.165) is 77.0 Å². The molecule has 14 rings (SSSR count). The molecule has 6 heteroatoms. The number of fused-ring (bicyclic) bond motifs is 13. The second-order valence-electron chi connectivity index (χ2n) is 16.4. The van der Waals surface area contributed by atoms with Crippen LogP contribution < -0.4 is 0 Å². The summed E-state index contributed by atoms with van der Waals surface area (Å²) in [6.07, 6.45) is 0. The number of benzene rings is 10. The van der Waals surface area contributed by atoms with Gasteiger partial charge in [0, 0.05) is 54.4 Å². The van der Waals surface area contributed by atoms with E-state index in [4.69, 9.17) is 23.8 Å². The molecular formula is C57H32N4O2. The zero-order chi connectivity index (χ0) is 41.2. The zero-order valence-electron chi connectivity index (χ0n) is 33.6. The number of rotatable bonds is 4. The van der Waals surface area contributed by atoms with Crippen molar-refractivity contribution in [2.45, 2.75) is 0 Å². The van der Waals surface area contributed by atoms with Crippen molar-refractivity contribution in [1.82, 2.24) is 19.5 Å². The van der Waals surface area contributed by atoms with Crippen LogP contribution in [0.5, 0.6) is 0 Å². The molecular weight excluding hydrogens is 773 g/mol. The smallest absolute Gasteiger partial charge is 0.164 e. The number of hydrogen-bond acceptors (Lipinski definition) is 5. The predicted octanol–water partition coefficient (Wildman–Crippen LogP) is 15.2. The van der Waals surface area contributed by atoms with Crippen molar-refractivity contribution in [3.8, 4) is 39.9 Å². The van der Waals surface area contributed by atoms with Crippen molar-refractivity contribution in [1.29, 1.82) is 0 Å². The molecule has 0 N–H and O–H groups in total. The fourth-order valence-corrected chi connectivity index (χ4v) is 9.81. The molecule has 0 amide bonds. The zero-order valence-corrected chi connectivity index (χ0v) is 33.6. The van der Waals surface area contributed by atoms with E-state index in [9.17, 15) is 0 Å². The van der Waals surface area contributed by atoms with Gasteiger partial charge in [-0.3, -0.25) is 0 Å². The van der Waals surface area contributed by atoms with E-state index in [1.807, 2.05) is 54.6 Å². The summed E-state index contributed by atoms with van der Waals surface area (Å²) in [5.41, 5.74) is 9.30. The Morgan fingerprint density at radius 2 is 0.810 bits per heavy atom. The van der Waals surface area contributed by atoms with Gasteiger partial charge in [0.05, 0.1) is 16.7 Å². The van der Waals surface area contributed by atoms with Crippen LogP contribution in [0, 0.1) is 0 Å². The average Bonchev–Trinajstić information content (AvgIpc) is 4.01. The minimum Gasteiger partial charge on any atom is -0.456 e. The summed E-state index contributed by atoms with van der Waals surface area (Å²) in [6, 6.07) is 68.2. The van der Waals surface area contributed by atoms with E-state index in [-0.39, 0.29) is 0 Å². The van der Waals surface area contributed by atoms with Crippen molar-refractivity contribution < 1.29 is 8.83 Å². The van der Waals surface area contributed by atoms with Crippen molar-refractivity contribution >= 4 is 98.0 Å². The summed E-state index contributed by atoms with van der Waals surface area (Å²) in [6.45, 7) is 0. The molecule has 0 spiro atoms. The van der Waals surface area contributed by atoms with E-state index >= 15 is 0 Å². The molecule has 0 atom stereocenters. The molecule has 0 fully saturated rings. The molecule has 0 aliphatic carbocycles. The van der Waals surface area contributed by atoms with Crippen molar-refractivity contribution in [2.24, 2.45) is 0 Å². The summed E-state index contributed by atoms with van der Waals surface area (Å²) in [4.78, 5) is 15.1.